The predicted octanol–water partition coefficient (Wildman–Crippen LogP) is 1.97. The molecule has 1 unspecified atom stereocenters. The molecule has 1 aliphatic heterocycles. The summed E-state index contributed by atoms with van der Waals surface area (Å²) in [4.78, 5) is 0. The van der Waals surface area contributed by atoms with E-state index in [4.69, 9.17) is 9.31 Å². The van der Waals surface area contributed by atoms with E-state index in [0.29, 0.717) is 6.61 Å². The van der Waals surface area contributed by atoms with Gasteiger partial charge in [0.15, 0.2) is 0 Å². The first-order valence-corrected chi connectivity index (χ1v) is 5.61. The summed E-state index contributed by atoms with van der Waals surface area (Å²) in [6, 6.07) is 8.04. The highest BCUT2D eigenvalue weighted by atomic mass is 79.9. The largest absolute Gasteiger partial charge is 0.494 e. The molecule has 0 spiro atoms. The molecule has 2 nitrogen and oxygen atoms in total. The van der Waals surface area contributed by atoms with Crippen molar-refractivity contribution in [1.82, 2.24) is 0 Å². The summed E-state index contributed by atoms with van der Waals surface area (Å²) in [5, 5.41) is 0. The second kappa shape index (κ2) is 4.47. The van der Waals surface area contributed by atoms with Crippen molar-refractivity contribution in [2.24, 2.45) is 0 Å². The fraction of sp³-hybridized carbons (Fsp3) is 0.400. The van der Waals surface area contributed by atoms with Crippen LogP contribution in [0.3, 0.4) is 0 Å². The Morgan fingerprint density at radius 3 is 2.71 bits per heavy atom. The van der Waals surface area contributed by atoms with Crippen molar-refractivity contribution in [3.63, 3.8) is 0 Å². The fourth-order valence-corrected chi connectivity index (χ4v) is 1.72. The average Bonchev–Trinajstić information content (AvgIpc) is 2.67. The molecule has 0 saturated carbocycles. The number of benzene rings is 1. The van der Waals surface area contributed by atoms with Gasteiger partial charge in [0.05, 0.1) is 12.7 Å². The maximum absolute atomic E-state index is 5.70. The number of hydrogen-bond donors (Lipinski definition) is 0. The third kappa shape index (κ3) is 2.19. The zero-order valence-electron chi connectivity index (χ0n) is 8.07. The molecule has 1 aromatic rings. The van der Waals surface area contributed by atoms with Crippen molar-refractivity contribution >= 4 is 28.5 Å². The van der Waals surface area contributed by atoms with Crippen LogP contribution in [0.2, 0.25) is 0 Å². The molecule has 1 aliphatic rings. The number of rotatable bonds is 2. The summed E-state index contributed by atoms with van der Waals surface area (Å²) in [6.45, 7) is 2.81. The monoisotopic (exact) mass is 254 g/mol. The van der Waals surface area contributed by atoms with E-state index in [1.54, 1.807) is 0 Å². The molecular weight excluding hydrogens is 243 g/mol. The quantitative estimate of drug-likeness (QED) is 0.752. The minimum absolute atomic E-state index is 0.173. The maximum Gasteiger partial charge on any atom is 0.494 e. The standard InChI is InChI=1S/C10H12BBrO2/c1-2-10-7-13-11(14-10)8-3-5-9(12)6-4-8/h3-6,10H,2,7H2,1H3. The van der Waals surface area contributed by atoms with E-state index < -0.39 is 0 Å². The van der Waals surface area contributed by atoms with E-state index in [1.165, 1.54) is 0 Å². The summed E-state index contributed by atoms with van der Waals surface area (Å²) in [6.07, 6.45) is 1.26. The summed E-state index contributed by atoms with van der Waals surface area (Å²) >= 11 is 3.40. The summed E-state index contributed by atoms with van der Waals surface area (Å²) in [7, 11) is -0.173. The molecule has 0 aliphatic carbocycles. The SMILES string of the molecule is CCC1COB(c2ccc(Br)cc2)O1. The summed E-state index contributed by atoms with van der Waals surface area (Å²) < 4.78 is 12.3. The van der Waals surface area contributed by atoms with Gasteiger partial charge in [-0.15, -0.1) is 0 Å². The molecule has 2 rings (SSSR count). The normalized spacial score (nSPS) is 21.6. The number of hydrogen-bond acceptors (Lipinski definition) is 2. The Bertz CT molecular complexity index is 301. The molecule has 1 aromatic carbocycles. The van der Waals surface area contributed by atoms with Gasteiger partial charge in [0.1, 0.15) is 0 Å². The zero-order valence-corrected chi connectivity index (χ0v) is 9.66. The van der Waals surface area contributed by atoms with E-state index >= 15 is 0 Å². The van der Waals surface area contributed by atoms with Gasteiger partial charge < -0.3 is 9.31 Å². The van der Waals surface area contributed by atoms with Crippen LogP contribution < -0.4 is 5.46 Å². The minimum atomic E-state index is -0.173. The molecule has 0 amide bonds. The Balaban J connectivity index is 2.06. The molecule has 4 heteroatoms. The molecule has 0 radical (unpaired) electrons. The van der Waals surface area contributed by atoms with Crippen LogP contribution >= 0.6 is 15.9 Å². The first-order chi connectivity index (χ1) is 6.79. The Hall–Kier alpha value is -0.315. The molecule has 1 fully saturated rings. The van der Waals surface area contributed by atoms with Crippen LogP contribution in [-0.2, 0) is 9.31 Å². The first kappa shape index (κ1) is 10.2. The Morgan fingerprint density at radius 2 is 2.14 bits per heavy atom. The van der Waals surface area contributed by atoms with Gasteiger partial charge in [-0.25, -0.2) is 0 Å². The van der Waals surface area contributed by atoms with Crippen LogP contribution in [0.15, 0.2) is 28.7 Å². The van der Waals surface area contributed by atoms with Gasteiger partial charge in [-0.1, -0.05) is 35.0 Å². The van der Waals surface area contributed by atoms with Crippen LogP contribution in [0.25, 0.3) is 0 Å². The van der Waals surface area contributed by atoms with E-state index in [1.807, 2.05) is 24.3 Å². The lowest BCUT2D eigenvalue weighted by atomic mass is 9.79. The van der Waals surface area contributed by atoms with Crippen molar-refractivity contribution in [2.45, 2.75) is 19.4 Å². The molecule has 1 atom stereocenters. The number of halogens is 1. The van der Waals surface area contributed by atoms with Crippen LogP contribution in [0.5, 0.6) is 0 Å². The Morgan fingerprint density at radius 1 is 1.43 bits per heavy atom. The lowest BCUT2D eigenvalue weighted by Gasteiger charge is -2.06. The van der Waals surface area contributed by atoms with Gasteiger partial charge in [0, 0.05) is 4.47 Å². The maximum atomic E-state index is 5.70. The molecule has 1 saturated heterocycles. The van der Waals surface area contributed by atoms with Crippen molar-refractivity contribution in [1.29, 1.82) is 0 Å². The van der Waals surface area contributed by atoms with Crippen molar-refractivity contribution in [3.05, 3.63) is 28.7 Å². The smallest absolute Gasteiger partial charge is 0.405 e. The van der Waals surface area contributed by atoms with Crippen LogP contribution in [0.1, 0.15) is 13.3 Å². The highest BCUT2D eigenvalue weighted by Gasteiger charge is 2.31. The summed E-state index contributed by atoms with van der Waals surface area (Å²) in [5.74, 6) is 0. The van der Waals surface area contributed by atoms with Gasteiger partial charge >= 0.3 is 7.12 Å². The third-order valence-corrected chi connectivity index (χ3v) is 2.88. The fourth-order valence-electron chi connectivity index (χ4n) is 1.46. The van der Waals surface area contributed by atoms with E-state index in [-0.39, 0.29) is 13.2 Å². The van der Waals surface area contributed by atoms with Gasteiger partial charge in [-0.2, -0.15) is 0 Å². The topological polar surface area (TPSA) is 18.5 Å². The highest BCUT2D eigenvalue weighted by Crippen LogP contribution is 2.12. The predicted molar refractivity (Wildman–Crippen MR) is 60.6 cm³/mol. The van der Waals surface area contributed by atoms with Gasteiger partial charge in [-0.05, 0) is 24.0 Å². The second-order valence-electron chi connectivity index (χ2n) is 3.38. The molecule has 0 bridgehead atoms. The van der Waals surface area contributed by atoms with Gasteiger partial charge in [0.2, 0.25) is 0 Å². The molecule has 74 valence electrons. The van der Waals surface area contributed by atoms with E-state index in [9.17, 15) is 0 Å². The highest BCUT2D eigenvalue weighted by molar-refractivity contribution is 9.10. The molecule has 0 N–H and O–H groups in total. The summed E-state index contributed by atoms with van der Waals surface area (Å²) in [5.41, 5.74) is 1.09. The lowest BCUT2D eigenvalue weighted by molar-refractivity contribution is 0.230. The molecule has 14 heavy (non-hydrogen) atoms. The first-order valence-electron chi connectivity index (χ1n) is 4.82. The second-order valence-corrected chi connectivity index (χ2v) is 4.30. The average molecular weight is 255 g/mol. The zero-order chi connectivity index (χ0) is 9.97. The minimum Gasteiger partial charge on any atom is -0.405 e. The van der Waals surface area contributed by atoms with E-state index in [0.717, 1.165) is 16.4 Å². The van der Waals surface area contributed by atoms with Gasteiger partial charge in [0.25, 0.3) is 0 Å². The van der Waals surface area contributed by atoms with Gasteiger partial charge in [-0.3, -0.25) is 0 Å². The molecule has 0 aromatic heterocycles. The Kier molecular flexibility index (Phi) is 3.26. The van der Waals surface area contributed by atoms with E-state index in [2.05, 4.69) is 22.9 Å². The molecule has 1 heterocycles. The lowest BCUT2D eigenvalue weighted by Crippen LogP contribution is -2.32. The van der Waals surface area contributed by atoms with Crippen LogP contribution in [-0.4, -0.2) is 19.8 Å². The van der Waals surface area contributed by atoms with Crippen molar-refractivity contribution in [2.75, 3.05) is 6.61 Å². The van der Waals surface area contributed by atoms with Crippen LogP contribution in [0, 0.1) is 0 Å². The van der Waals surface area contributed by atoms with Crippen molar-refractivity contribution in [3.8, 4) is 0 Å². The Labute approximate surface area is 92.9 Å². The van der Waals surface area contributed by atoms with Crippen molar-refractivity contribution < 1.29 is 9.31 Å². The van der Waals surface area contributed by atoms with Crippen LogP contribution in [0.4, 0.5) is 0 Å². The molecular formula is C10H12BBrO2. The third-order valence-electron chi connectivity index (χ3n) is 2.35.